The molecule has 1 saturated heterocycles. The van der Waals surface area contributed by atoms with E-state index in [1.807, 2.05) is 6.20 Å². The largest absolute Gasteiger partial charge is 0.305 e. The highest BCUT2D eigenvalue weighted by Gasteiger charge is 2.60. The summed E-state index contributed by atoms with van der Waals surface area (Å²) in [5, 5.41) is 4.51. The topological polar surface area (TPSA) is 16.1 Å². The molecule has 1 fully saturated rings. The van der Waals surface area contributed by atoms with Gasteiger partial charge in [-0.1, -0.05) is 61.0 Å². The van der Waals surface area contributed by atoms with E-state index >= 15 is 0 Å². The standard InChI is InChI=1S/C22H20N2Si/c1-3-12-20-16(8-1)17-9-2-4-13-21(17)25(20)22-18(10-7-14-23-22)19-11-5-6-15-24(19)25/h1-4,7-10,12-14,19H,5-6,11,15H2. The van der Waals surface area contributed by atoms with Crippen LogP contribution in [0.4, 0.5) is 0 Å². The molecular formula is C22H20N2Si. The van der Waals surface area contributed by atoms with Crippen molar-refractivity contribution in [1.82, 2.24) is 9.55 Å². The Hall–Kier alpha value is -2.23. The summed E-state index contributed by atoms with van der Waals surface area (Å²) in [7, 11) is -2.17. The van der Waals surface area contributed by atoms with Crippen molar-refractivity contribution in [2.45, 2.75) is 25.3 Å². The van der Waals surface area contributed by atoms with Gasteiger partial charge in [0.15, 0.2) is 0 Å². The van der Waals surface area contributed by atoms with Crippen LogP contribution in [0.3, 0.4) is 0 Å². The van der Waals surface area contributed by atoms with Crippen LogP contribution in [0, 0.1) is 0 Å². The van der Waals surface area contributed by atoms with Crippen molar-refractivity contribution in [1.29, 1.82) is 0 Å². The zero-order chi connectivity index (χ0) is 16.4. The first-order valence-corrected chi connectivity index (χ1v) is 11.3. The number of rotatable bonds is 0. The van der Waals surface area contributed by atoms with Gasteiger partial charge in [0.05, 0.1) is 5.32 Å². The van der Waals surface area contributed by atoms with E-state index in [4.69, 9.17) is 4.98 Å². The quantitative estimate of drug-likeness (QED) is 0.585. The summed E-state index contributed by atoms with van der Waals surface area (Å²) in [6.45, 7) is 1.20. The van der Waals surface area contributed by atoms with E-state index in [0.29, 0.717) is 6.04 Å². The first-order chi connectivity index (χ1) is 12.4. The van der Waals surface area contributed by atoms with Crippen LogP contribution in [0.2, 0.25) is 0 Å². The molecule has 3 aromatic rings. The van der Waals surface area contributed by atoms with E-state index in [-0.39, 0.29) is 0 Å². The third-order valence-electron chi connectivity index (χ3n) is 6.40. The maximum Gasteiger partial charge on any atom is 0.246 e. The van der Waals surface area contributed by atoms with Gasteiger partial charge in [-0.2, -0.15) is 0 Å². The molecule has 0 aliphatic carbocycles. The van der Waals surface area contributed by atoms with E-state index in [9.17, 15) is 0 Å². The summed E-state index contributed by atoms with van der Waals surface area (Å²) in [4.78, 5) is 5.04. The molecule has 0 saturated carbocycles. The molecule has 6 rings (SSSR count). The maximum absolute atomic E-state index is 5.04. The Bertz CT molecular complexity index is 951. The predicted molar refractivity (Wildman–Crippen MR) is 104 cm³/mol. The van der Waals surface area contributed by atoms with Gasteiger partial charge in [0.1, 0.15) is 0 Å². The minimum Gasteiger partial charge on any atom is -0.305 e. The van der Waals surface area contributed by atoms with E-state index in [1.54, 1.807) is 10.4 Å². The molecule has 0 N–H and O–H groups in total. The zero-order valence-corrected chi connectivity index (χ0v) is 15.2. The molecule has 1 spiro atoms. The predicted octanol–water partition coefficient (Wildman–Crippen LogP) is 2.57. The van der Waals surface area contributed by atoms with Crippen LogP contribution < -0.4 is 15.7 Å². The third kappa shape index (κ3) is 1.56. The van der Waals surface area contributed by atoms with Gasteiger partial charge in [0.2, 0.25) is 8.24 Å². The number of nitrogens with zero attached hydrogens (tertiary/aromatic N) is 2. The van der Waals surface area contributed by atoms with Gasteiger partial charge in [-0.15, -0.1) is 0 Å². The van der Waals surface area contributed by atoms with Crippen molar-refractivity contribution in [2.24, 2.45) is 0 Å². The average Bonchev–Trinajstić information content (AvgIpc) is 3.16. The first kappa shape index (κ1) is 14.0. The van der Waals surface area contributed by atoms with Gasteiger partial charge in [-0.05, 0) is 52.5 Å². The van der Waals surface area contributed by atoms with Crippen molar-refractivity contribution < 1.29 is 0 Å². The lowest BCUT2D eigenvalue weighted by molar-refractivity contribution is 0.265. The van der Waals surface area contributed by atoms with Gasteiger partial charge < -0.3 is 4.57 Å². The number of pyridine rings is 1. The second-order valence-corrected chi connectivity index (χ2v) is 11.0. The van der Waals surface area contributed by atoms with Gasteiger partial charge in [-0.3, -0.25) is 4.98 Å². The van der Waals surface area contributed by atoms with E-state index < -0.39 is 8.24 Å². The molecule has 1 atom stereocenters. The van der Waals surface area contributed by atoms with Crippen molar-refractivity contribution in [3.8, 4) is 11.1 Å². The fourth-order valence-electron chi connectivity index (χ4n) is 5.56. The Morgan fingerprint density at radius 2 is 1.56 bits per heavy atom. The lowest BCUT2D eigenvalue weighted by atomic mass is 9.99. The van der Waals surface area contributed by atoms with Crippen LogP contribution in [0.25, 0.3) is 11.1 Å². The molecular weight excluding hydrogens is 320 g/mol. The Morgan fingerprint density at radius 3 is 2.32 bits per heavy atom. The van der Waals surface area contributed by atoms with Crippen LogP contribution in [0.15, 0.2) is 66.9 Å². The SMILES string of the molecule is c1ccc2c(c1)-c1ccccc1[Si]21c2ncccc2C2CCCCN21. The molecule has 4 heterocycles. The molecule has 2 aromatic carbocycles. The molecule has 0 bridgehead atoms. The van der Waals surface area contributed by atoms with Crippen LogP contribution in [0.5, 0.6) is 0 Å². The van der Waals surface area contributed by atoms with Crippen molar-refractivity contribution in [3.63, 3.8) is 0 Å². The van der Waals surface area contributed by atoms with Crippen LogP contribution in [-0.2, 0) is 0 Å². The smallest absolute Gasteiger partial charge is 0.246 e. The molecule has 0 radical (unpaired) electrons. The molecule has 1 unspecified atom stereocenters. The second-order valence-electron chi connectivity index (χ2n) is 7.45. The second kappa shape index (κ2) is 4.90. The molecule has 3 heteroatoms. The normalized spacial score (nSPS) is 22.3. The number of hydrogen-bond acceptors (Lipinski definition) is 2. The van der Waals surface area contributed by atoms with Crippen molar-refractivity contribution in [2.75, 3.05) is 6.54 Å². The minimum absolute atomic E-state index is 0.559. The van der Waals surface area contributed by atoms with E-state index in [1.165, 1.54) is 47.8 Å². The Balaban J connectivity index is 1.77. The minimum atomic E-state index is -2.17. The molecule has 122 valence electrons. The van der Waals surface area contributed by atoms with Crippen LogP contribution in [-0.4, -0.2) is 24.3 Å². The number of hydrogen-bond donors (Lipinski definition) is 0. The summed E-state index contributed by atoms with van der Waals surface area (Å²) < 4.78 is 2.89. The fraction of sp³-hybridized carbons (Fsp3) is 0.227. The third-order valence-corrected chi connectivity index (χ3v) is 11.3. The zero-order valence-electron chi connectivity index (χ0n) is 14.2. The number of aromatic nitrogens is 1. The fourth-order valence-corrected chi connectivity index (χ4v) is 11.3. The molecule has 1 aromatic heterocycles. The van der Waals surface area contributed by atoms with Crippen molar-refractivity contribution >= 4 is 23.9 Å². The number of fused-ring (bicyclic) bond motifs is 10. The highest BCUT2D eigenvalue weighted by atomic mass is 28.3. The molecule has 2 nitrogen and oxygen atoms in total. The molecule has 0 amide bonds. The summed E-state index contributed by atoms with van der Waals surface area (Å²) in [5.74, 6) is 0. The summed E-state index contributed by atoms with van der Waals surface area (Å²) in [5.41, 5.74) is 4.38. The molecule has 25 heavy (non-hydrogen) atoms. The van der Waals surface area contributed by atoms with Gasteiger partial charge in [0.25, 0.3) is 0 Å². The van der Waals surface area contributed by atoms with Gasteiger partial charge in [-0.25, -0.2) is 0 Å². The van der Waals surface area contributed by atoms with E-state index in [0.717, 1.165) is 0 Å². The highest BCUT2D eigenvalue weighted by molar-refractivity contribution is 7.12. The van der Waals surface area contributed by atoms with E-state index in [2.05, 4.69) is 65.2 Å². The Morgan fingerprint density at radius 1 is 0.840 bits per heavy atom. The number of piperidine rings is 1. The first-order valence-electron chi connectivity index (χ1n) is 9.34. The maximum atomic E-state index is 5.04. The Kier molecular flexibility index (Phi) is 2.74. The molecule has 3 aliphatic heterocycles. The van der Waals surface area contributed by atoms with Gasteiger partial charge >= 0.3 is 0 Å². The number of benzene rings is 2. The summed E-state index contributed by atoms with van der Waals surface area (Å²) in [6.07, 6.45) is 5.93. The van der Waals surface area contributed by atoms with Crippen molar-refractivity contribution in [3.05, 3.63) is 72.4 Å². The average molecular weight is 341 g/mol. The van der Waals surface area contributed by atoms with Crippen LogP contribution >= 0.6 is 0 Å². The molecule has 3 aliphatic rings. The van der Waals surface area contributed by atoms with Crippen LogP contribution in [0.1, 0.15) is 30.9 Å². The monoisotopic (exact) mass is 340 g/mol. The lowest BCUT2D eigenvalue weighted by Crippen LogP contribution is -2.73. The van der Waals surface area contributed by atoms with Gasteiger partial charge in [0, 0.05) is 12.2 Å². The lowest BCUT2D eigenvalue weighted by Gasteiger charge is -2.40. The summed E-state index contributed by atoms with van der Waals surface area (Å²) in [6, 6.07) is 23.2. The summed E-state index contributed by atoms with van der Waals surface area (Å²) >= 11 is 0. The highest BCUT2D eigenvalue weighted by Crippen LogP contribution is 2.43. The Labute approximate surface area is 149 Å².